The lowest BCUT2D eigenvalue weighted by Crippen LogP contribution is -2.36. The average Bonchev–Trinajstić information content (AvgIpc) is 2.59. The Hall–Kier alpha value is -1.53. The second-order valence-corrected chi connectivity index (χ2v) is 7.01. The number of rotatable bonds is 7. The Morgan fingerprint density at radius 3 is 2.62 bits per heavy atom. The second kappa shape index (κ2) is 9.69. The number of nitrogens with one attached hydrogen (secondary N) is 2. The van der Waals surface area contributed by atoms with Crippen molar-refractivity contribution in [2.75, 3.05) is 18.1 Å². The molecule has 1 saturated carbocycles. The molecule has 0 heterocycles. The number of amides is 2. The number of thioether (sulfide) groups is 1. The molecule has 5 nitrogen and oxygen atoms in total. The monoisotopic (exact) mass is 350 g/mol. The van der Waals surface area contributed by atoms with Crippen molar-refractivity contribution < 1.29 is 14.7 Å². The molecule has 1 aliphatic carbocycles. The summed E-state index contributed by atoms with van der Waals surface area (Å²) in [6.45, 7) is 0.497. The summed E-state index contributed by atoms with van der Waals surface area (Å²) in [4.78, 5) is 24.9. The summed E-state index contributed by atoms with van der Waals surface area (Å²) >= 11 is 1.57. The van der Waals surface area contributed by atoms with Crippen LogP contribution in [0.3, 0.4) is 0 Å². The Labute approximate surface area is 147 Å². The van der Waals surface area contributed by atoms with Gasteiger partial charge in [0, 0.05) is 30.2 Å². The number of hydrogen-bond acceptors (Lipinski definition) is 4. The molecule has 0 saturated heterocycles. The zero-order valence-corrected chi connectivity index (χ0v) is 14.9. The van der Waals surface area contributed by atoms with Crippen LogP contribution >= 0.6 is 11.8 Å². The first-order valence-corrected chi connectivity index (χ1v) is 9.70. The predicted octanol–water partition coefficient (Wildman–Crippen LogP) is 2.79. The summed E-state index contributed by atoms with van der Waals surface area (Å²) in [7, 11) is 0. The standard InChI is InChI=1S/C18H26N2O3S/c1-24-16-9-5-3-7-14(16)20-18(23)11-10-17(22)19-12-13-6-2-4-8-15(13)21/h3,5,7,9,13,15,21H,2,4,6,8,10-12H2,1H3,(H,19,22)(H,20,23)/t13-,15-/m1/s1. The molecular weight excluding hydrogens is 324 g/mol. The number of hydrogen-bond donors (Lipinski definition) is 3. The molecule has 3 N–H and O–H groups in total. The minimum absolute atomic E-state index is 0.138. The van der Waals surface area contributed by atoms with E-state index in [9.17, 15) is 14.7 Å². The van der Waals surface area contributed by atoms with Gasteiger partial charge in [-0.2, -0.15) is 0 Å². The zero-order valence-electron chi connectivity index (χ0n) is 14.1. The van der Waals surface area contributed by atoms with Gasteiger partial charge in [-0.15, -0.1) is 11.8 Å². The van der Waals surface area contributed by atoms with Crippen LogP contribution in [0, 0.1) is 5.92 Å². The summed E-state index contributed by atoms with van der Waals surface area (Å²) in [5.41, 5.74) is 0.778. The summed E-state index contributed by atoms with van der Waals surface area (Å²) < 4.78 is 0. The smallest absolute Gasteiger partial charge is 0.224 e. The number of carbonyl (C=O) groups excluding carboxylic acids is 2. The maximum absolute atomic E-state index is 12.0. The number of aliphatic hydroxyl groups excluding tert-OH is 1. The minimum atomic E-state index is -0.314. The van der Waals surface area contributed by atoms with Gasteiger partial charge in [0.15, 0.2) is 0 Å². The normalized spacial score (nSPS) is 20.4. The Morgan fingerprint density at radius 1 is 1.17 bits per heavy atom. The maximum atomic E-state index is 12.0. The van der Waals surface area contributed by atoms with Gasteiger partial charge in [0.25, 0.3) is 0 Å². The van der Waals surface area contributed by atoms with E-state index in [2.05, 4.69) is 10.6 Å². The Kier molecular flexibility index (Phi) is 7.59. The zero-order chi connectivity index (χ0) is 17.4. The second-order valence-electron chi connectivity index (χ2n) is 6.16. The lowest BCUT2D eigenvalue weighted by molar-refractivity contribution is -0.124. The topological polar surface area (TPSA) is 78.4 Å². The number of anilines is 1. The molecule has 24 heavy (non-hydrogen) atoms. The molecule has 0 unspecified atom stereocenters. The number of para-hydroxylation sites is 1. The molecule has 0 aromatic heterocycles. The molecule has 2 amide bonds. The summed E-state index contributed by atoms with van der Waals surface area (Å²) in [6, 6.07) is 7.60. The van der Waals surface area contributed by atoms with Crippen molar-refractivity contribution in [1.82, 2.24) is 5.32 Å². The Bertz CT molecular complexity index is 565. The van der Waals surface area contributed by atoms with E-state index in [0.29, 0.717) is 6.54 Å². The SMILES string of the molecule is CSc1ccccc1NC(=O)CCC(=O)NC[C@H]1CCCC[C@H]1O. The van der Waals surface area contributed by atoms with Crippen LogP contribution in [0.1, 0.15) is 38.5 Å². The van der Waals surface area contributed by atoms with Gasteiger partial charge in [0.05, 0.1) is 11.8 Å². The van der Waals surface area contributed by atoms with Crippen LogP contribution in [-0.2, 0) is 9.59 Å². The van der Waals surface area contributed by atoms with E-state index in [1.54, 1.807) is 11.8 Å². The van der Waals surface area contributed by atoms with Gasteiger partial charge in [-0.1, -0.05) is 25.0 Å². The van der Waals surface area contributed by atoms with Crippen LogP contribution in [0.25, 0.3) is 0 Å². The highest BCUT2D eigenvalue weighted by Crippen LogP contribution is 2.25. The first-order chi connectivity index (χ1) is 11.6. The van der Waals surface area contributed by atoms with Crippen molar-refractivity contribution in [3.63, 3.8) is 0 Å². The largest absolute Gasteiger partial charge is 0.393 e. The molecule has 1 aliphatic rings. The van der Waals surface area contributed by atoms with Crippen molar-refractivity contribution in [2.45, 2.75) is 49.5 Å². The van der Waals surface area contributed by atoms with E-state index < -0.39 is 0 Å². The Morgan fingerprint density at radius 2 is 1.88 bits per heavy atom. The number of carbonyl (C=O) groups is 2. The van der Waals surface area contributed by atoms with E-state index >= 15 is 0 Å². The maximum Gasteiger partial charge on any atom is 0.224 e. The fraction of sp³-hybridized carbons (Fsp3) is 0.556. The molecule has 0 bridgehead atoms. The minimum Gasteiger partial charge on any atom is -0.393 e. The molecule has 0 aliphatic heterocycles. The first-order valence-electron chi connectivity index (χ1n) is 8.47. The highest BCUT2D eigenvalue weighted by atomic mass is 32.2. The van der Waals surface area contributed by atoms with Crippen LogP contribution in [0.5, 0.6) is 0 Å². The van der Waals surface area contributed by atoms with E-state index in [0.717, 1.165) is 36.3 Å². The fourth-order valence-corrected chi connectivity index (χ4v) is 3.50. The third-order valence-corrected chi connectivity index (χ3v) is 5.19. The van der Waals surface area contributed by atoms with Gasteiger partial charge in [-0.3, -0.25) is 9.59 Å². The number of aliphatic hydroxyl groups is 1. The van der Waals surface area contributed by atoms with Gasteiger partial charge < -0.3 is 15.7 Å². The van der Waals surface area contributed by atoms with Gasteiger partial charge in [0.2, 0.25) is 11.8 Å². The lowest BCUT2D eigenvalue weighted by Gasteiger charge is -2.27. The highest BCUT2D eigenvalue weighted by molar-refractivity contribution is 7.98. The molecular formula is C18H26N2O3S. The molecule has 132 valence electrons. The quantitative estimate of drug-likeness (QED) is 0.661. The predicted molar refractivity (Wildman–Crippen MR) is 97.1 cm³/mol. The van der Waals surface area contributed by atoms with Gasteiger partial charge in [-0.25, -0.2) is 0 Å². The third-order valence-electron chi connectivity index (χ3n) is 4.39. The van der Waals surface area contributed by atoms with Crippen LogP contribution < -0.4 is 10.6 Å². The van der Waals surface area contributed by atoms with Crippen molar-refractivity contribution >= 4 is 29.3 Å². The van der Waals surface area contributed by atoms with E-state index in [4.69, 9.17) is 0 Å². The van der Waals surface area contributed by atoms with Crippen LogP contribution in [-0.4, -0.2) is 35.8 Å². The molecule has 1 fully saturated rings. The third kappa shape index (κ3) is 5.83. The lowest BCUT2D eigenvalue weighted by atomic mass is 9.86. The van der Waals surface area contributed by atoms with Gasteiger partial charge >= 0.3 is 0 Å². The molecule has 0 radical (unpaired) electrons. The molecule has 1 aromatic rings. The van der Waals surface area contributed by atoms with Crippen molar-refractivity contribution in [3.05, 3.63) is 24.3 Å². The molecule has 2 rings (SSSR count). The fourth-order valence-electron chi connectivity index (χ4n) is 2.95. The van der Waals surface area contributed by atoms with E-state index in [-0.39, 0.29) is 36.7 Å². The van der Waals surface area contributed by atoms with Crippen molar-refractivity contribution in [1.29, 1.82) is 0 Å². The number of benzene rings is 1. The first kappa shape index (κ1) is 18.8. The van der Waals surface area contributed by atoms with E-state index in [1.807, 2.05) is 30.5 Å². The molecule has 1 aromatic carbocycles. The molecule has 2 atom stereocenters. The van der Waals surface area contributed by atoms with Crippen molar-refractivity contribution in [3.8, 4) is 0 Å². The van der Waals surface area contributed by atoms with Crippen LogP contribution in [0.2, 0.25) is 0 Å². The van der Waals surface area contributed by atoms with Gasteiger partial charge in [0.1, 0.15) is 0 Å². The van der Waals surface area contributed by atoms with E-state index in [1.165, 1.54) is 0 Å². The summed E-state index contributed by atoms with van der Waals surface area (Å²) in [5, 5.41) is 15.6. The van der Waals surface area contributed by atoms with Crippen molar-refractivity contribution in [2.24, 2.45) is 5.92 Å². The molecule has 6 heteroatoms. The summed E-state index contributed by atoms with van der Waals surface area (Å²) in [6.07, 6.45) is 5.89. The average molecular weight is 350 g/mol. The summed E-state index contributed by atoms with van der Waals surface area (Å²) in [5.74, 6) is -0.157. The van der Waals surface area contributed by atoms with Crippen LogP contribution in [0.15, 0.2) is 29.2 Å². The van der Waals surface area contributed by atoms with Crippen LogP contribution in [0.4, 0.5) is 5.69 Å². The highest BCUT2D eigenvalue weighted by Gasteiger charge is 2.23. The van der Waals surface area contributed by atoms with Gasteiger partial charge in [-0.05, 0) is 31.2 Å². The Balaban J connectivity index is 1.70. The molecule has 0 spiro atoms.